The lowest BCUT2D eigenvalue weighted by Gasteiger charge is -2.49. The van der Waals surface area contributed by atoms with Crippen molar-refractivity contribution in [2.75, 3.05) is 18.9 Å². The molecule has 1 saturated heterocycles. The van der Waals surface area contributed by atoms with E-state index < -0.39 is 17.9 Å². The van der Waals surface area contributed by atoms with Crippen molar-refractivity contribution in [3.63, 3.8) is 0 Å². The first-order chi connectivity index (χ1) is 13.9. The molecule has 0 aromatic carbocycles. The number of aliphatic carboxylic acids is 1. The number of hydrogen-bond donors (Lipinski definition) is 3. The molecule has 30 heavy (non-hydrogen) atoms. The van der Waals surface area contributed by atoms with E-state index in [1.54, 1.807) is 12.2 Å². The van der Waals surface area contributed by atoms with Crippen LogP contribution in [0.2, 0.25) is 0 Å². The normalized spacial score (nSPS) is 20.5. The summed E-state index contributed by atoms with van der Waals surface area (Å²) in [5.41, 5.74) is 6.97. The van der Waals surface area contributed by atoms with Crippen molar-refractivity contribution in [3.05, 3.63) is 53.5 Å². The molecule has 11 heteroatoms. The van der Waals surface area contributed by atoms with E-state index in [2.05, 4.69) is 5.32 Å². The number of aromatic nitrogens is 1. The molecule has 0 saturated carbocycles. The van der Waals surface area contributed by atoms with Gasteiger partial charge in [0.15, 0.2) is 18.9 Å². The molecular weight excluding hydrogens is 523 g/mol. The number of nitrogens with two attached hydrogens (primary N) is 1. The minimum absolute atomic E-state index is 0. The molecule has 2 amide bonds. The number of carbonyl (C=O) groups is 3. The van der Waals surface area contributed by atoms with Crippen LogP contribution in [-0.4, -0.2) is 58.1 Å². The molecule has 0 bridgehead atoms. The highest BCUT2D eigenvalue weighted by atomic mass is 127. The van der Waals surface area contributed by atoms with Crippen molar-refractivity contribution in [1.82, 2.24) is 10.2 Å². The molecule has 2 aliphatic rings. The third kappa shape index (κ3) is 5.39. The lowest BCUT2D eigenvalue weighted by Crippen LogP contribution is -2.69. The number of β-lactam (4-membered cyclic amide) rings is 1. The van der Waals surface area contributed by atoms with E-state index in [-0.39, 0.29) is 60.5 Å². The van der Waals surface area contributed by atoms with Gasteiger partial charge in [-0.15, -0.1) is 35.7 Å². The van der Waals surface area contributed by atoms with E-state index in [1.165, 1.54) is 16.7 Å². The third-order valence-electron chi connectivity index (χ3n) is 4.63. The van der Waals surface area contributed by atoms with Crippen LogP contribution in [-0.2, 0) is 27.3 Å². The van der Waals surface area contributed by atoms with Crippen LogP contribution in [0.1, 0.15) is 5.56 Å². The molecule has 0 radical (unpaired) electrons. The van der Waals surface area contributed by atoms with Gasteiger partial charge in [0.1, 0.15) is 11.4 Å². The molecule has 0 spiro atoms. The molecule has 162 valence electrons. The van der Waals surface area contributed by atoms with Crippen molar-refractivity contribution in [1.29, 1.82) is 0 Å². The molecule has 2 aliphatic heterocycles. The Morgan fingerprint density at radius 1 is 1.40 bits per heavy atom. The molecule has 1 aromatic rings. The highest BCUT2D eigenvalue weighted by Crippen LogP contribution is 2.39. The van der Waals surface area contributed by atoms with Crippen LogP contribution in [0.5, 0.6) is 0 Å². The fourth-order valence-corrected chi connectivity index (χ4v) is 4.41. The number of carboxylic acid groups (broad SMARTS) is 1. The number of hydrogen-bond acceptors (Lipinski definition) is 7. The second-order valence-electron chi connectivity index (χ2n) is 6.65. The van der Waals surface area contributed by atoms with Gasteiger partial charge in [-0.05, 0) is 17.2 Å². The standard InChI is InChI=1S/C19H22N4O5S.HI/c20-15-17(26)23-16(19(27)28)13(11-29-18(15)23)2-1-6-22-7-3-12(4-8-22)10-14(25)21-5-9-24;/h1-4,7-8,15,18,24H,5-6,9-11,20H2,(H-,21,25,27,28);1H/b2-1+;/t15-,18-;/m1./s1. The second kappa shape index (κ2) is 10.9. The van der Waals surface area contributed by atoms with Crippen LogP contribution in [0.3, 0.4) is 0 Å². The number of carboxylic acids is 1. The van der Waals surface area contributed by atoms with Crippen molar-refractivity contribution in [2.24, 2.45) is 5.73 Å². The van der Waals surface area contributed by atoms with Gasteiger partial charge < -0.3 is 26.1 Å². The number of aliphatic hydroxyl groups is 1. The summed E-state index contributed by atoms with van der Waals surface area (Å²) in [6.07, 6.45) is 7.35. The molecule has 2 atom stereocenters. The summed E-state index contributed by atoms with van der Waals surface area (Å²) in [4.78, 5) is 36.3. The Morgan fingerprint density at radius 3 is 2.73 bits per heavy atom. The molecule has 3 rings (SSSR count). The lowest BCUT2D eigenvalue weighted by atomic mass is 10.0. The Labute approximate surface area is 195 Å². The smallest absolute Gasteiger partial charge is 0.248 e. The quantitative estimate of drug-likeness (QED) is 0.196. The Hall–Kier alpha value is -1.96. The molecule has 9 nitrogen and oxygen atoms in total. The number of nitrogens with one attached hydrogen (secondary N) is 1. The minimum atomic E-state index is -1.38. The maximum atomic E-state index is 11.9. The highest BCUT2D eigenvalue weighted by molar-refractivity contribution is 14.0. The predicted octanol–water partition coefficient (Wildman–Crippen LogP) is -1.95. The van der Waals surface area contributed by atoms with Gasteiger partial charge in [0.25, 0.3) is 0 Å². The summed E-state index contributed by atoms with van der Waals surface area (Å²) in [6, 6.07) is 2.97. The van der Waals surface area contributed by atoms with Crippen molar-refractivity contribution in [2.45, 2.75) is 24.4 Å². The number of aliphatic hydroxyl groups excluding tert-OH is 1. The summed E-state index contributed by atoms with van der Waals surface area (Å²) < 4.78 is 1.87. The van der Waals surface area contributed by atoms with Gasteiger partial charge in [0, 0.05) is 24.4 Å². The largest absolute Gasteiger partial charge is 0.543 e. The van der Waals surface area contributed by atoms with Crippen LogP contribution in [0, 0.1) is 0 Å². The number of amides is 2. The van der Waals surface area contributed by atoms with E-state index in [0.29, 0.717) is 17.9 Å². The second-order valence-corrected chi connectivity index (χ2v) is 7.76. The van der Waals surface area contributed by atoms with Crippen molar-refractivity contribution in [3.8, 4) is 0 Å². The van der Waals surface area contributed by atoms with Crippen LogP contribution in [0.15, 0.2) is 47.9 Å². The van der Waals surface area contributed by atoms with Gasteiger partial charge in [-0.1, -0.05) is 6.08 Å². The summed E-state index contributed by atoms with van der Waals surface area (Å²) in [5, 5.41) is 22.5. The zero-order valence-corrected chi connectivity index (χ0v) is 19.2. The molecule has 1 fully saturated rings. The van der Waals surface area contributed by atoms with Crippen LogP contribution < -0.4 is 20.7 Å². The number of rotatable bonds is 8. The Bertz CT molecular complexity index is 874. The molecule has 4 N–H and O–H groups in total. The van der Waals surface area contributed by atoms with Gasteiger partial charge in [-0.3, -0.25) is 14.5 Å². The average molecular weight is 546 g/mol. The number of thioether (sulfide) groups is 1. The summed E-state index contributed by atoms with van der Waals surface area (Å²) in [7, 11) is 0. The fraction of sp³-hybridized carbons (Fsp3) is 0.368. The summed E-state index contributed by atoms with van der Waals surface area (Å²) >= 11 is 1.43. The zero-order chi connectivity index (χ0) is 21.0. The number of allylic oxidation sites excluding steroid dienone is 2. The van der Waals surface area contributed by atoms with Crippen molar-refractivity contribution < 1.29 is 29.2 Å². The van der Waals surface area contributed by atoms with E-state index >= 15 is 0 Å². The first-order valence-corrected chi connectivity index (χ1v) is 10.1. The SMILES string of the molecule is I.N[C@@H]1C(=O)N2C(C(=O)[O-])=C(/C=C/C[n+]3ccc(CC(=O)NCCO)cc3)CS[C@H]12. The Kier molecular flexibility index (Phi) is 8.82. The van der Waals surface area contributed by atoms with Gasteiger partial charge in [0.05, 0.1) is 24.7 Å². The van der Waals surface area contributed by atoms with Crippen LogP contribution >= 0.6 is 35.7 Å². The van der Waals surface area contributed by atoms with E-state index in [1.807, 2.05) is 29.1 Å². The lowest BCUT2D eigenvalue weighted by molar-refractivity contribution is -0.687. The molecule has 0 unspecified atom stereocenters. The first kappa shape index (κ1) is 24.3. The Morgan fingerprint density at radius 2 is 2.10 bits per heavy atom. The number of pyridine rings is 1. The van der Waals surface area contributed by atoms with Crippen LogP contribution in [0.4, 0.5) is 0 Å². The topological polar surface area (TPSA) is 140 Å². The third-order valence-corrected chi connectivity index (χ3v) is 5.95. The fourth-order valence-electron chi connectivity index (χ4n) is 3.14. The van der Waals surface area contributed by atoms with Gasteiger partial charge in [-0.25, -0.2) is 4.57 Å². The van der Waals surface area contributed by atoms with Gasteiger partial charge in [-0.2, -0.15) is 0 Å². The number of carbonyl (C=O) groups excluding carboxylic acids is 3. The average Bonchev–Trinajstić information content (AvgIpc) is 2.72. The maximum Gasteiger partial charge on any atom is 0.248 e. The molecule has 1 aromatic heterocycles. The van der Waals surface area contributed by atoms with Gasteiger partial charge >= 0.3 is 0 Å². The number of halogens is 1. The minimum Gasteiger partial charge on any atom is -0.543 e. The molecular formula is C19H23IN4O5S. The van der Waals surface area contributed by atoms with Crippen LogP contribution in [0.25, 0.3) is 0 Å². The van der Waals surface area contributed by atoms with E-state index in [4.69, 9.17) is 10.8 Å². The van der Waals surface area contributed by atoms with E-state index in [9.17, 15) is 19.5 Å². The predicted molar refractivity (Wildman–Crippen MR) is 118 cm³/mol. The number of fused-ring (bicyclic) bond motifs is 1. The number of nitrogens with zero attached hydrogens (tertiary/aromatic N) is 2. The molecule has 0 aliphatic carbocycles. The zero-order valence-electron chi connectivity index (χ0n) is 16.0. The monoisotopic (exact) mass is 546 g/mol. The summed E-state index contributed by atoms with van der Waals surface area (Å²) in [6.45, 7) is 0.622. The highest BCUT2D eigenvalue weighted by Gasteiger charge is 2.49. The van der Waals surface area contributed by atoms with Gasteiger partial charge in [0.2, 0.25) is 11.8 Å². The Balaban J connectivity index is 0.00000320. The first-order valence-electron chi connectivity index (χ1n) is 9.09. The van der Waals surface area contributed by atoms with E-state index in [0.717, 1.165) is 5.56 Å². The maximum absolute atomic E-state index is 11.9. The van der Waals surface area contributed by atoms with Crippen molar-refractivity contribution >= 4 is 53.5 Å². The summed E-state index contributed by atoms with van der Waals surface area (Å²) in [5.74, 6) is -1.51. The molecule has 3 heterocycles.